The Morgan fingerprint density at radius 1 is 0.933 bits per heavy atom. The number of likely N-dealkylation sites (N-methyl/N-ethyl adjacent to an activating group) is 1. The highest BCUT2D eigenvalue weighted by Crippen LogP contribution is 2.22. The van der Waals surface area contributed by atoms with Crippen LogP contribution in [0.25, 0.3) is 0 Å². The van der Waals surface area contributed by atoms with Crippen LogP contribution in [0.2, 0.25) is 0 Å². The minimum atomic E-state index is -1.45. The molecule has 2 N–H and O–H groups in total. The summed E-state index contributed by atoms with van der Waals surface area (Å²) in [6.07, 6.45) is 2.99. The average molecular weight is 436 g/mol. The van der Waals surface area contributed by atoms with Crippen molar-refractivity contribution in [2.45, 2.75) is 127 Å². The molecular formula is C25H57NO4. The van der Waals surface area contributed by atoms with Crippen molar-refractivity contribution in [3.05, 3.63) is 0 Å². The van der Waals surface area contributed by atoms with Crippen molar-refractivity contribution in [3.63, 3.8) is 0 Å². The lowest BCUT2D eigenvalue weighted by Gasteiger charge is -2.37. The molecule has 1 fully saturated rings. The summed E-state index contributed by atoms with van der Waals surface area (Å²) in [6.45, 7) is 24.2. The van der Waals surface area contributed by atoms with Crippen molar-refractivity contribution in [2.24, 2.45) is 11.8 Å². The Morgan fingerprint density at radius 3 is 1.87 bits per heavy atom. The fraction of sp³-hybridized carbons (Fsp3) is 0.960. The molecule has 5 heteroatoms. The fourth-order valence-electron chi connectivity index (χ4n) is 2.87. The summed E-state index contributed by atoms with van der Waals surface area (Å²) in [6, 6.07) is -0.207. The van der Waals surface area contributed by atoms with Crippen LogP contribution in [0.5, 0.6) is 0 Å². The number of cyclic esters (lactones) is 1. The van der Waals surface area contributed by atoms with Crippen molar-refractivity contribution in [1.29, 1.82) is 0 Å². The van der Waals surface area contributed by atoms with E-state index < -0.39 is 11.7 Å². The third kappa shape index (κ3) is 16.1. The number of nitrogens with zero attached hydrogens (tertiary/aromatic N) is 1. The minimum absolute atomic E-state index is 0.164. The van der Waals surface area contributed by atoms with Gasteiger partial charge in [0.05, 0.1) is 5.92 Å². The van der Waals surface area contributed by atoms with Crippen molar-refractivity contribution in [1.82, 2.24) is 4.90 Å². The number of carbonyl (C=O) groups excluding carboxylic acids is 1. The van der Waals surface area contributed by atoms with E-state index in [1.54, 1.807) is 0 Å². The van der Waals surface area contributed by atoms with E-state index in [1.807, 2.05) is 76.3 Å². The van der Waals surface area contributed by atoms with Crippen LogP contribution in [0, 0.1) is 11.8 Å². The third-order valence-electron chi connectivity index (χ3n) is 5.01. The van der Waals surface area contributed by atoms with Crippen LogP contribution in [0.15, 0.2) is 0 Å². The fourth-order valence-corrected chi connectivity index (χ4v) is 2.87. The lowest BCUT2D eigenvalue weighted by molar-refractivity contribution is -0.166. The Hall–Kier alpha value is -0.650. The number of hydrogen-bond donors (Lipinski definition) is 2. The van der Waals surface area contributed by atoms with Gasteiger partial charge in [-0.1, -0.05) is 82.1 Å². The van der Waals surface area contributed by atoms with Gasteiger partial charge in [0, 0.05) is 6.04 Å². The van der Waals surface area contributed by atoms with Gasteiger partial charge in [-0.2, -0.15) is 0 Å². The van der Waals surface area contributed by atoms with E-state index in [-0.39, 0.29) is 24.5 Å². The molecule has 1 aliphatic rings. The van der Waals surface area contributed by atoms with Crippen LogP contribution in [0.1, 0.15) is 109 Å². The van der Waals surface area contributed by atoms with Gasteiger partial charge in [-0.15, -0.1) is 0 Å². The molecule has 1 aliphatic heterocycles. The zero-order valence-electron chi connectivity index (χ0n) is 22.7. The van der Waals surface area contributed by atoms with Crippen LogP contribution in [-0.4, -0.2) is 59.0 Å². The third-order valence-corrected chi connectivity index (χ3v) is 5.01. The lowest BCUT2D eigenvalue weighted by atomic mass is 9.92. The molecule has 5 nitrogen and oxygen atoms in total. The van der Waals surface area contributed by atoms with Gasteiger partial charge in [0.1, 0.15) is 18.3 Å². The maximum atomic E-state index is 12.0. The molecule has 1 saturated heterocycles. The Balaban J connectivity index is -0.000000376. The second-order valence-corrected chi connectivity index (χ2v) is 7.36. The summed E-state index contributed by atoms with van der Waals surface area (Å²) in [5.74, 6) is 0.125. The molecule has 186 valence electrons. The summed E-state index contributed by atoms with van der Waals surface area (Å²) >= 11 is 0. The van der Waals surface area contributed by atoms with Crippen LogP contribution < -0.4 is 0 Å². The van der Waals surface area contributed by atoms with E-state index in [9.17, 15) is 15.0 Å². The number of esters is 1. The molecule has 0 amide bonds. The van der Waals surface area contributed by atoms with E-state index in [4.69, 9.17) is 4.74 Å². The molecule has 30 heavy (non-hydrogen) atoms. The van der Waals surface area contributed by atoms with E-state index >= 15 is 0 Å². The molecule has 0 bridgehead atoms. The molecule has 0 radical (unpaired) electrons. The van der Waals surface area contributed by atoms with Gasteiger partial charge in [-0.25, -0.2) is 0 Å². The number of carbonyl (C=O) groups is 1. The normalized spacial score (nSPS) is 30.7. The van der Waals surface area contributed by atoms with Crippen molar-refractivity contribution in [3.8, 4) is 0 Å². The Morgan fingerprint density at radius 2 is 1.40 bits per heavy atom. The van der Waals surface area contributed by atoms with Gasteiger partial charge < -0.3 is 19.8 Å². The number of aliphatic hydroxyl groups excluding tert-OH is 1. The molecule has 4 unspecified atom stereocenters. The maximum absolute atomic E-state index is 12.0. The zero-order chi connectivity index (χ0) is 24.9. The molecule has 5 atom stereocenters. The average Bonchev–Trinajstić information content (AvgIpc) is 2.79. The van der Waals surface area contributed by atoms with Crippen LogP contribution in [0.4, 0.5) is 0 Å². The molecule has 1 rings (SSSR count). The highest BCUT2D eigenvalue weighted by Gasteiger charge is 2.37. The van der Waals surface area contributed by atoms with E-state index in [2.05, 4.69) is 11.8 Å². The first-order valence-electron chi connectivity index (χ1n) is 12.4. The number of rotatable bonds is 0. The van der Waals surface area contributed by atoms with Crippen molar-refractivity contribution >= 4 is 5.97 Å². The van der Waals surface area contributed by atoms with E-state index in [0.29, 0.717) is 5.92 Å². The molecule has 0 spiro atoms. The Labute approximate surface area is 189 Å². The molecule has 0 aliphatic carbocycles. The van der Waals surface area contributed by atoms with Gasteiger partial charge in [0.25, 0.3) is 0 Å². The Kier molecular flexibility index (Phi) is 28.2. The van der Waals surface area contributed by atoms with Gasteiger partial charge in [-0.3, -0.25) is 4.79 Å². The molecule has 0 aromatic carbocycles. The first-order chi connectivity index (χ1) is 14.1. The number of aliphatic hydroxyl groups is 2. The first kappa shape index (κ1) is 36.7. The van der Waals surface area contributed by atoms with Gasteiger partial charge in [-0.05, 0) is 46.2 Å². The van der Waals surface area contributed by atoms with Crippen molar-refractivity contribution in [2.75, 3.05) is 20.2 Å². The summed E-state index contributed by atoms with van der Waals surface area (Å²) in [7, 11) is 1.95. The number of ether oxygens (including phenoxy) is 1. The lowest BCUT2D eigenvalue weighted by Crippen LogP contribution is -2.54. The molecule has 1 heterocycles. The van der Waals surface area contributed by atoms with Gasteiger partial charge in [0.15, 0.2) is 0 Å². The largest absolute Gasteiger partial charge is 0.462 e. The summed E-state index contributed by atoms with van der Waals surface area (Å²) < 4.78 is 5.23. The second kappa shape index (κ2) is 23.0. The topological polar surface area (TPSA) is 70.0 Å². The SMILES string of the molecule is CC.CC.CC.CC.CC1CCCC(C)C(=O)OC[C@@](C)(O)C(O)C(C)N(C)CC1. The van der Waals surface area contributed by atoms with Crippen LogP contribution in [-0.2, 0) is 9.53 Å². The minimum Gasteiger partial charge on any atom is -0.462 e. The second-order valence-electron chi connectivity index (χ2n) is 7.36. The summed E-state index contributed by atoms with van der Waals surface area (Å²) in [4.78, 5) is 14.0. The first-order valence-corrected chi connectivity index (χ1v) is 12.4. The quantitative estimate of drug-likeness (QED) is 0.463. The maximum Gasteiger partial charge on any atom is 0.308 e. The van der Waals surface area contributed by atoms with E-state index in [1.165, 1.54) is 6.92 Å². The predicted molar refractivity (Wildman–Crippen MR) is 132 cm³/mol. The highest BCUT2D eigenvalue weighted by atomic mass is 16.5. The van der Waals surface area contributed by atoms with E-state index in [0.717, 1.165) is 32.2 Å². The van der Waals surface area contributed by atoms with Crippen LogP contribution >= 0.6 is 0 Å². The Bertz CT molecular complexity index is 361. The van der Waals surface area contributed by atoms with Gasteiger partial charge >= 0.3 is 5.97 Å². The van der Waals surface area contributed by atoms with Gasteiger partial charge in [0.2, 0.25) is 0 Å². The standard InChI is InChI=1S/C17H33NO4.4C2H6/c1-12-7-6-8-13(2)16(20)22-11-17(4,21)15(19)14(3)18(5)10-9-12;4*1-2/h12-15,19,21H,6-11H2,1-5H3;4*1-2H3/t12?,13?,14?,15?,17-;;;;/m1..../s1. The molecule has 0 aromatic heterocycles. The monoisotopic (exact) mass is 435 g/mol. The number of hydrogen-bond acceptors (Lipinski definition) is 5. The molecule has 0 saturated carbocycles. The van der Waals surface area contributed by atoms with Crippen molar-refractivity contribution < 1.29 is 19.7 Å². The molecule has 0 aromatic rings. The van der Waals surface area contributed by atoms with Crippen LogP contribution in [0.3, 0.4) is 0 Å². The summed E-state index contributed by atoms with van der Waals surface area (Å²) in [5, 5.41) is 20.9. The predicted octanol–water partition coefficient (Wildman–Crippen LogP) is 5.91. The molecular weight excluding hydrogens is 378 g/mol. The summed E-state index contributed by atoms with van der Waals surface area (Å²) in [5.41, 5.74) is -1.45. The highest BCUT2D eigenvalue weighted by molar-refractivity contribution is 5.71. The zero-order valence-corrected chi connectivity index (χ0v) is 22.7. The smallest absolute Gasteiger partial charge is 0.308 e.